The molecule has 0 aromatic heterocycles. The topological polar surface area (TPSA) is 98.4 Å². The zero-order chi connectivity index (χ0) is 11.6. The first-order valence-corrected chi connectivity index (χ1v) is 3.67. The molecule has 5 nitrogen and oxygen atoms in total. The Morgan fingerprint density at radius 2 is 2.00 bits per heavy atom. The number of nitriles is 1. The number of carbonyl (C=O) groups excluding carboxylic acids is 1. The molecule has 0 saturated carbocycles. The maximum atomic E-state index is 12.9. The minimum absolute atomic E-state index is 0.486. The summed E-state index contributed by atoms with van der Waals surface area (Å²) in [5.74, 6) is -5.22. The van der Waals surface area contributed by atoms with E-state index in [0.29, 0.717) is 6.07 Å². The number of Topliss-reactive ketones (excluding diaryl/α,β-unsaturated/α-hetero) is 1. The highest BCUT2D eigenvalue weighted by molar-refractivity contribution is 6.39. The number of halogens is 1. The fourth-order valence-electron chi connectivity index (χ4n) is 0.939. The molecule has 76 valence electrons. The van der Waals surface area contributed by atoms with Gasteiger partial charge < -0.3 is 10.2 Å². The number of hydrogen-bond acceptors (Lipinski definition) is 4. The van der Waals surface area contributed by atoms with Gasteiger partial charge in [0, 0.05) is 5.56 Å². The second-order valence-corrected chi connectivity index (χ2v) is 2.60. The normalized spacial score (nSPS) is 9.33. The van der Waals surface area contributed by atoms with Crippen molar-refractivity contribution in [2.24, 2.45) is 0 Å². The van der Waals surface area contributed by atoms with Gasteiger partial charge in [0.25, 0.3) is 5.78 Å². The summed E-state index contributed by atoms with van der Waals surface area (Å²) in [5, 5.41) is 25.8. The van der Waals surface area contributed by atoms with Gasteiger partial charge in [0.2, 0.25) is 0 Å². The number of carbonyl (C=O) groups is 2. The van der Waals surface area contributed by atoms with Crippen molar-refractivity contribution >= 4 is 11.8 Å². The quantitative estimate of drug-likeness (QED) is 0.551. The molecule has 15 heavy (non-hydrogen) atoms. The summed E-state index contributed by atoms with van der Waals surface area (Å²) in [6, 6.07) is 2.81. The van der Waals surface area contributed by atoms with Gasteiger partial charge in [-0.1, -0.05) is 0 Å². The van der Waals surface area contributed by atoms with Crippen LogP contribution in [0.3, 0.4) is 0 Å². The summed E-state index contributed by atoms with van der Waals surface area (Å²) in [6.45, 7) is 0. The molecule has 0 amide bonds. The molecule has 0 spiro atoms. The fourth-order valence-corrected chi connectivity index (χ4v) is 0.939. The van der Waals surface area contributed by atoms with E-state index >= 15 is 0 Å². The third kappa shape index (κ3) is 1.91. The lowest BCUT2D eigenvalue weighted by Gasteiger charge is -2.00. The first kappa shape index (κ1) is 10.7. The Morgan fingerprint density at radius 1 is 1.40 bits per heavy atom. The van der Waals surface area contributed by atoms with E-state index in [2.05, 4.69) is 0 Å². The highest BCUT2D eigenvalue weighted by Gasteiger charge is 2.19. The monoisotopic (exact) mass is 209 g/mol. The average molecular weight is 209 g/mol. The second-order valence-electron chi connectivity index (χ2n) is 2.60. The number of ketones is 1. The number of phenolic OH excluding ortho intramolecular Hbond substituents is 1. The summed E-state index contributed by atoms with van der Waals surface area (Å²) in [4.78, 5) is 21.2. The van der Waals surface area contributed by atoms with Crippen molar-refractivity contribution in [2.75, 3.05) is 0 Å². The summed E-state index contributed by atoms with van der Waals surface area (Å²) >= 11 is 0. The molecule has 0 saturated heterocycles. The van der Waals surface area contributed by atoms with E-state index in [1.54, 1.807) is 0 Å². The highest BCUT2D eigenvalue weighted by atomic mass is 19.1. The van der Waals surface area contributed by atoms with E-state index in [0.717, 1.165) is 6.07 Å². The van der Waals surface area contributed by atoms with Crippen LogP contribution in [0.2, 0.25) is 0 Å². The number of phenols is 1. The summed E-state index contributed by atoms with van der Waals surface area (Å²) in [7, 11) is 0. The molecule has 0 radical (unpaired) electrons. The van der Waals surface area contributed by atoms with Crippen LogP contribution in [0, 0.1) is 17.1 Å². The number of carboxylic acid groups (broad SMARTS) is 1. The molecule has 0 aliphatic heterocycles. The number of aromatic hydroxyl groups is 1. The molecule has 0 fully saturated rings. The molecule has 1 aromatic rings. The number of carboxylic acids is 1. The van der Waals surface area contributed by atoms with Gasteiger partial charge in [-0.15, -0.1) is 0 Å². The first-order chi connectivity index (χ1) is 6.97. The van der Waals surface area contributed by atoms with Gasteiger partial charge in [-0.3, -0.25) is 4.79 Å². The largest absolute Gasteiger partial charge is 0.504 e. The molecule has 0 aliphatic rings. The van der Waals surface area contributed by atoms with Crippen LogP contribution in [0.25, 0.3) is 0 Å². The Bertz CT molecular complexity index is 490. The lowest BCUT2D eigenvalue weighted by Crippen LogP contribution is -2.13. The van der Waals surface area contributed by atoms with E-state index in [4.69, 9.17) is 15.5 Å². The molecule has 1 aromatic carbocycles. The predicted octanol–water partition coefficient (Wildman–Crippen LogP) is 0.670. The van der Waals surface area contributed by atoms with Crippen LogP contribution in [0.1, 0.15) is 15.9 Å². The minimum Gasteiger partial charge on any atom is -0.504 e. The van der Waals surface area contributed by atoms with Crippen LogP contribution in [0.5, 0.6) is 5.75 Å². The van der Waals surface area contributed by atoms with Gasteiger partial charge in [-0.05, 0) is 12.1 Å². The maximum Gasteiger partial charge on any atom is 0.377 e. The van der Waals surface area contributed by atoms with Crippen molar-refractivity contribution < 1.29 is 24.2 Å². The molecular formula is C9H4FNO4. The van der Waals surface area contributed by atoms with Crippen LogP contribution >= 0.6 is 0 Å². The molecule has 1 rings (SSSR count). The van der Waals surface area contributed by atoms with E-state index in [1.165, 1.54) is 6.07 Å². The molecule has 0 heterocycles. The van der Waals surface area contributed by atoms with Gasteiger partial charge in [-0.25, -0.2) is 9.18 Å². The molecule has 0 atom stereocenters. The summed E-state index contributed by atoms with van der Waals surface area (Å²) < 4.78 is 12.9. The zero-order valence-corrected chi connectivity index (χ0v) is 7.19. The fraction of sp³-hybridized carbons (Fsp3) is 0. The van der Waals surface area contributed by atoms with Crippen LogP contribution in [-0.4, -0.2) is 22.0 Å². The Morgan fingerprint density at radius 3 is 2.47 bits per heavy atom. The zero-order valence-electron chi connectivity index (χ0n) is 7.19. The van der Waals surface area contributed by atoms with Crippen molar-refractivity contribution in [1.82, 2.24) is 0 Å². The van der Waals surface area contributed by atoms with Crippen molar-refractivity contribution in [3.8, 4) is 11.8 Å². The Balaban J connectivity index is 3.36. The Kier molecular flexibility index (Phi) is 2.67. The molecular weight excluding hydrogens is 205 g/mol. The van der Waals surface area contributed by atoms with Gasteiger partial charge in [0.1, 0.15) is 6.07 Å². The van der Waals surface area contributed by atoms with Crippen molar-refractivity contribution in [2.45, 2.75) is 0 Å². The third-order valence-corrected chi connectivity index (χ3v) is 1.64. The van der Waals surface area contributed by atoms with Crippen molar-refractivity contribution in [1.29, 1.82) is 5.26 Å². The van der Waals surface area contributed by atoms with E-state index in [1.807, 2.05) is 0 Å². The average Bonchev–Trinajstić information content (AvgIpc) is 2.20. The Hall–Kier alpha value is -2.42. The maximum absolute atomic E-state index is 12.9. The molecule has 6 heteroatoms. The molecule has 2 N–H and O–H groups in total. The van der Waals surface area contributed by atoms with Gasteiger partial charge >= 0.3 is 5.97 Å². The van der Waals surface area contributed by atoms with E-state index < -0.39 is 34.4 Å². The third-order valence-electron chi connectivity index (χ3n) is 1.64. The molecule has 0 bridgehead atoms. The van der Waals surface area contributed by atoms with Crippen LogP contribution in [-0.2, 0) is 4.79 Å². The van der Waals surface area contributed by atoms with Gasteiger partial charge in [0.15, 0.2) is 11.6 Å². The van der Waals surface area contributed by atoms with Crippen LogP contribution < -0.4 is 0 Å². The highest BCUT2D eigenvalue weighted by Crippen LogP contribution is 2.22. The summed E-state index contributed by atoms with van der Waals surface area (Å²) in [5.41, 5.74) is -0.978. The van der Waals surface area contributed by atoms with Crippen molar-refractivity contribution in [3.05, 3.63) is 29.1 Å². The first-order valence-electron chi connectivity index (χ1n) is 3.67. The standard InChI is InChI=1S/C9H4FNO4/c10-6-2-4(8(13)9(14)15)1-5(3-11)7(6)12/h1-2,12H,(H,14,15). The molecule has 0 unspecified atom stereocenters. The van der Waals surface area contributed by atoms with Gasteiger partial charge in [-0.2, -0.15) is 5.26 Å². The minimum atomic E-state index is -1.76. The lowest BCUT2D eigenvalue weighted by atomic mass is 10.1. The second kappa shape index (κ2) is 3.75. The Labute approximate surface area is 83.0 Å². The summed E-state index contributed by atoms with van der Waals surface area (Å²) in [6.07, 6.45) is 0. The molecule has 0 aliphatic carbocycles. The number of benzene rings is 1. The van der Waals surface area contributed by atoms with E-state index in [9.17, 15) is 14.0 Å². The van der Waals surface area contributed by atoms with E-state index in [-0.39, 0.29) is 0 Å². The number of rotatable bonds is 2. The van der Waals surface area contributed by atoms with Crippen molar-refractivity contribution in [3.63, 3.8) is 0 Å². The van der Waals surface area contributed by atoms with Crippen LogP contribution in [0.4, 0.5) is 4.39 Å². The smallest absolute Gasteiger partial charge is 0.377 e. The number of aliphatic carboxylic acids is 1. The van der Waals surface area contributed by atoms with Gasteiger partial charge in [0.05, 0.1) is 5.56 Å². The number of nitrogens with zero attached hydrogens (tertiary/aromatic N) is 1. The SMILES string of the molecule is N#Cc1cc(C(=O)C(=O)O)cc(F)c1O. The lowest BCUT2D eigenvalue weighted by molar-refractivity contribution is -0.131. The number of hydrogen-bond donors (Lipinski definition) is 2. The van der Waals surface area contributed by atoms with Crippen LogP contribution in [0.15, 0.2) is 12.1 Å². The predicted molar refractivity (Wildman–Crippen MR) is 44.7 cm³/mol.